The Balaban J connectivity index is 1.85. The zero-order valence-corrected chi connectivity index (χ0v) is 9.68. The highest BCUT2D eigenvalue weighted by molar-refractivity contribution is 5.05. The molecule has 2 fully saturated rings. The number of aromatic nitrogens is 3. The van der Waals surface area contributed by atoms with Crippen LogP contribution in [0.25, 0.3) is 0 Å². The molecule has 2 N–H and O–H groups in total. The Labute approximate surface area is 96.2 Å². The van der Waals surface area contributed by atoms with Crippen molar-refractivity contribution in [3.8, 4) is 0 Å². The molecule has 0 amide bonds. The third-order valence-electron chi connectivity index (χ3n) is 4.08. The predicted octanol–water partition coefficient (Wildman–Crippen LogP) is 1.85. The monoisotopic (exact) mass is 220 g/mol. The smallest absolute Gasteiger partial charge is 0.136 e. The normalized spacial score (nSPS) is 30.6. The molecule has 3 rings (SSSR count). The van der Waals surface area contributed by atoms with Crippen molar-refractivity contribution in [1.29, 1.82) is 0 Å². The Morgan fingerprint density at radius 1 is 1.25 bits per heavy atom. The molecular weight excluding hydrogens is 200 g/mol. The van der Waals surface area contributed by atoms with Crippen LogP contribution in [0.1, 0.15) is 56.3 Å². The van der Waals surface area contributed by atoms with E-state index in [2.05, 4.69) is 14.8 Å². The first kappa shape index (κ1) is 10.3. The average molecular weight is 220 g/mol. The summed E-state index contributed by atoms with van der Waals surface area (Å²) in [6.45, 7) is 0.794. The van der Waals surface area contributed by atoms with Crippen LogP contribution in [0.3, 0.4) is 0 Å². The first-order valence-electron chi connectivity index (χ1n) is 6.49. The Morgan fingerprint density at radius 3 is 2.81 bits per heavy atom. The van der Waals surface area contributed by atoms with Crippen LogP contribution >= 0.6 is 0 Å². The molecule has 0 radical (unpaired) electrons. The molecule has 0 aliphatic heterocycles. The lowest BCUT2D eigenvalue weighted by molar-refractivity contribution is 0.297. The van der Waals surface area contributed by atoms with Crippen molar-refractivity contribution < 1.29 is 0 Å². The minimum Gasteiger partial charge on any atom is -0.330 e. The summed E-state index contributed by atoms with van der Waals surface area (Å²) in [6, 6.07) is 0.686. The van der Waals surface area contributed by atoms with Crippen LogP contribution in [0.15, 0.2) is 6.33 Å². The van der Waals surface area contributed by atoms with Crippen molar-refractivity contribution in [3.05, 3.63) is 12.2 Å². The van der Waals surface area contributed by atoms with Gasteiger partial charge in [0.2, 0.25) is 0 Å². The maximum absolute atomic E-state index is 5.88. The first-order chi connectivity index (χ1) is 7.90. The maximum Gasteiger partial charge on any atom is 0.136 e. The van der Waals surface area contributed by atoms with Gasteiger partial charge in [0.25, 0.3) is 0 Å². The Kier molecular flexibility index (Phi) is 2.67. The molecule has 4 nitrogen and oxygen atoms in total. The van der Waals surface area contributed by atoms with E-state index in [1.165, 1.54) is 44.3 Å². The number of hydrogen-bond donors (Lipinski definition) is 1. The third-order valence-corrected chi connectivity index (χ3v) is 4.08. The molecule has 2 aliphatic rings. The topological polar surface area (TPSA) is 56.7 Å². The number of rotatable bonds is 3. The highest BCUT2D eigenvalue weighted by Crippen LogP contribution is 2.41. The van der Waals surface area contributed by atoms with Gasteiger partial charge in [-0.25, -0.2) is 0 Å². The van der Waals surface area contributed by atoms with Crippen molar-refractivity contribution in [2.24, 2.45) is 11.7 Å². The zero-order chi connectivity index (χ0) is 11.0. The van der Waals surface area contributed by atoms with Gasteiger partial charge in [0, 0.05) is 12.0 Å². The lowest BCUT2D eigenvalue weighted by atomic mass is 9.78. The van der Waals surface area contributed by atoms with Gasteiger partial charge in [-0.1, -0.05) is 12.8 Å². The number of nitrogens with two attached hydrogens (primary N) is 1. The molecule has 2 atom stereocenters. The fourth-order valence-electron chi connectivity index (χ4n) is 2.98. The molecule has 1 heterocycles. The summed E-state index contributed by atoms with van der Waals surface area (Å²) in [5, 5.41) is 8.46. The summed E-state index contributed by atoms with van der Waals surface area (Å²) in [6.07, 6.45) is 9.66. The quantitative estimate of drug-likeness (QED) is 0.845. The van der Waals surface area contributed by atoms with E-state index in [9.17, 15) is 0 Å². The molecule has 0 spiro atoms. The van der Waals surface area contributed by atoms with Crippen molar-refractivity contribution in [3.63, 3.8) is 0 Å². The van der Waals surface area contributed by atoms with Gasteiger partial charge < -0.3 is 10.3 Å². The van der Waals surface area contributed by atoms with Gasteiger partial charge in [-0.3, -0.25) is 0 Å². The molecule has 2 aliphatic carbocycles. The van der Waals surface area contributed by atoms with Crippen LogP contribution in [0.2, 0.25) is 0 Å². The molecule has 4 heteroatoms. The van der Waals surface area contributed by atoms with Gasteiger partial charge in [0.15, 0.2) is 0 Å². The third kappa shape index (κ3) is 1.75. The first-order valence-corrected chi connectivity index (χ1v) is 6.49. The largest absolute Gasteiger partial charge is 0.330 e. The molecule has 1 aromatic heterocycles. The molecule has 0 bridgehead atoms. The van der Waals surface area contributed by atoms with Crippen molar-refractivity contribution in [2.75, 3.05) is 6.54 Å². The molecule has 2 unspecified atom stereocenters. The van der Waals surface area contributed by atoms with E-state index in [0.717, 1.165) is 6.54 Å². The van der Waals surface area contributed by atoms with Crippen LogP contribution in [0.5, 0.6) is 0 Å². The average Bonchev–Trinajstić information content (AvgIpc) is 3.07. The second-order valence-electron chi connectivity index (χ2n) is 5.21. The van der Waals surface area contributed by atoms with Crippen LogP contribution in [-0.2, 0) is 0 Å². The summed E-state index contributed by atoms with van der Waals surface area (Å²) in [4.78, 5) is 0. The van der Waals surface area contributed by atoms with E-state index in [4.69, 9.17) is 5.73 Å². The molecule has 0 saturated heterocycles. The molecule has 16 heavy (non-hydrogen) atoms. The zero-order valence-electron chi connectivity index (χ0n) is 9.68. The Bertz CT molecular complexity index is 356. The molecular formula is C12H20N4. The minimum atomic E-state index is 0.557. The standard InChI is InChI=1S/C12H20N4/c13-7-9-3-1-2-4-11(9)12-15-14-8-16(12)10-5-6-10/h8-11H,1-7,13H2. The molecule has 88 valence electrons. The fraction of sp³-hybridized carbons (Fsp3) is 0.833. The Hall–Kier alpha value is -0.900. The van der Waals surface area contributed by atoms with Crippen LogP contribution in [0.4, 0.5) is 0 Å². The summed E-state index contributed by atoms with van der Waals surface area (Å²) in [5.41, 5.74) is 5.88. The number of hydrogen-bond acceptors (Lipinski definition) is 3. The maximum atomic E-state index is 5.88. The van der Waals surface area contributed by atoms with E-state index in [-0.39, 0.29) is 0 Å². The van der Waals surface area contributed by atoms with E-state index in [0.29, 0.717) is 17.9 Å². The molecule has 0 aromatic carbocycles. The van der Waals surface area contributed by atoms with Crippen molar-refractivity contribution in [1.82, 2.24) is 14.8 Å². The van der Waals surface area contributed by atoms with E-state index in [1.807, 2.05) is 6.33 Å². The van der Waals surface area contributed by atoms with E-state index < -0.39 is 0 Å². The minimum absolute atomic E-state index is 0.557. The second kappa shape index (κ2) is 4.17. The summed E-state index contributed by atoms with van der Waals surface area (Å²) in [7, 11) is 0. The molecule has 2 saturated carbocycles. The summed E-state index contributed by atoms with van der Waals surface area (Å²) < 4.78 is 2.30. The van der Waals surface area contributed by atoms with Crippen molar-refractivity contribution >= 4 is 0 Å². The van der Waals surface area contributed by atoms with Gasteiger partial charge in [0.05, 0.1) is 0 Å². The highest BCUT2D eigenvalue weighted by atomic mass is 15.3. The summed E-state index contributed by atoms with van der Waals surface area (Å²) in [5.74, 6) is 2.38. The van der Waals surface area contributed by atoms with Gasteiger partial charge in [0.1, 0.15) is 12.2 Å². The van der Waals surface area contributed by atoms with Crippen LogP contribution in [-0.4, -0.2) is 21.3 Å². The predicted molar refractivity (Wildman–Crippen MR) is 62.0 cm³/mol. The van der Waals surface area contributed by atoms with Crippen LogP contribution in [0, 0.1) is 5.92 Å². The van der Waals surface area contributed by atoms with Gasteiger partial charge in [-0.05, 0) is 38.1 Å². The second-order valence-corrected chi connectivity index (χ2v) is 5.21. The van der Waals surface area contributed by atoms with Gasteiger partial charge >= 0.3 is 0 Å². The van der Waals surface area contributed by atoms with Gasteiger partial charge in [-0.15, -0.1) is 10.2 Å². The van der Waals surface area contributed by atoms with E-state index >= 15 is 0 Å². The van der Waals surface area contributed by atoms with E-state index in [1.54, 1.807) is 0 Å². The highest BCUT2D eigenvalue weighted by Gasteiger charge is 2.33. The lowest BCUT2D eigenvalue weighted by Gasteiger charge is -2.30. The number of nitrogens with zero attached hydrogens (tertiary/aromatic N) is 3. The Morgan fingerprint density at radius 2 is 2.06 bits per heavy atom. The van der Waals surface area contributed by atoms with Gasteiger partial charge in [-0.2, -0.15) is 0 Å². The summed E-state index contributed by atoms with van der Waals surface area (Å²) >= 11 is 0. The molecule has 1 aromatic rings. The van der Waals surface area contributed by atoms with Crippen molar-refractivity contribution in [2.45, 2.75) is 50.5 Å². The lowest BCUT2D eigenvalue weighted by Crippen LogP contribution is -2.27. The van der Waals surface area contributed by atoms with Crippen LogP contribution < -0.4 is 5.73 Å². The fourth-order valence-corrected chi connectivity index (χ4v) is 2.98. The SMILES string of the molecule is NCC1CCCCC1c1nncn1C1CC1.